The summed E-state index contributed by atoms with van der Waals surface area (Å²) in [6.45, 7) is 0. The van der Waals surface area contributed by atoms with Crippen molar-refractivity contribution >= 4 is 0 Å². The third-order valence-corrected chi connectivity index (χ3v) is 2.61. The van der Waals surface area contributed by atoms with Crippen LogP contribution in [0.2, 0.25) is 0 Å². The first-order valence-corrected chi connectivity index (χ1v) is 6.05. The van der Waals surface area contributed by atoms with E-state index in [0.717, 1.165) is 0 Å². The van der Waals surface area contributed by atoms with Crippen molar-refractivity contribution in [1.29, 1.82) is 0 Å². The third-order valence-electron chi connectivity index (χ3n) is 2.61. The van der Waals surface area contributed by atoms with Crippen molar-refractivity contribution in [3.8, 4) is 11.5 Å². The van der Waals surface area contributed by atoms with Crippen LogP contribution in [0.4, 0.5) is 35.1 Å². The number of hydrogen-bond donors (Lipinski definition) is 0. The molecule has 0 aliphatic rings. The summed E-state index contributed by atoms with van der Waals surface area (Å²) in [6.07, 6.45) is -10.9. The Morgan fingerprint density at radius 3 is 1.83 bits per heavy atom. The van der Waals surface area contributed by atoms with E-state index in [1.54, 1.807) is 0 Å². The first-order valence-electron chi connectivity index (χ1n) is 6.05. The molecule has 24 heavy (non-hydrogen) atoms. The number of alkyl halides is 4. The Morgan fingerprint density at radius 1 is 0.625 bits per heavy atom. The van der Waals surface area contributed by atoms with E-state index in [-0.39, 0.29) is 12.1 Å². The summed E-state index contributed by atoms with van der Waals surface area (Å²) in [6, 6.07) is 1.99. The molecule has 10 heteroatoms. The maximum absolute atomic E-state index is 13.5. The van der Waals surface area contributed by atoms with Gasteiger partial charge in [-0.05, 0) is 24.3 Å². The first-order chi connectivity index (χ1) is 11.0. The van der Waals surface area contributed by atoms with E-state index in [1.807, 2.05) is 0 Å². The average Bonchev–Trinajstić information content (AvgIpc) is 2.46. The smallest absolute Gasteiger partial charge is 0.425 e. The fourth-order valence-corrected chi connectivity index (χ4v) is 1.50. The lowest BCUT2D eigenvalue weighted by Gasteiger charge is -2.26. The highest BCUT2D eigenvalue weighted by atomic mass is 19.3. The Kier molecular flexibility index (Phi) is 4.59. The van der Waals surface area contributed by atoms with Crippen LogP contribution in [0.5, 0.6) is 11.5 Å². The third kappa shape index (κ3) is 3.69. The van der Waals surface area contributed by atoms with Gasteiger partial charge in [-0.3, -0.25) is 0 Å². The normalized spacial score (nSPS) is 12.2. The van der Waals surface area contributed by atoms with E-state index in [1.165, 1.54) is 0 Å². The van der Waals surface area contributed by atoms with Gasteiger partial charge < -0.3 is 9.47 Å². The molecule has 0 saturated carbocycles. The van der Waals surface area contributed by atoms with Crippen LogP contribution in [-0.2, 0) is 0 Å². The van der Waals surface area contributed by atoms with Crippen molar-refractivity contribution in [2.45, 2.75) is 12.2 Å². The molecule has 0 heterocycles. The van der Waals surface area contributed by atoms with Crippen LogP contribution >= 0.6 is 0 Å². The predicted molar refractivity (Wildman–Crippen MR) is 63.9 cm³/mol. The van der Waals surface area contributed by atoms with E-state index < -0.39 is 47.0 Å². The zero-order valence-corrected chi connectivity index (χ0v) is 11.3. The van der Waals surface area contributed by atoms with E-state index >= 15 is 0 Å². The molecule has 0 unspecified atom stereocenters. The summed E-state index contributed by atoms with van der Waals surface area (Å²) in [7, 11) is 0. The molecule has 0 atom stereocenters. The topological polar surface area (TPSA) is 18.5 Å². The van der Waals surface area contributed by atoms with E-state index in [2.05, 4.69) is 9.47 Å². The van der Waals surface area contributed by atoms with Crippen molar-refractivity contribution < 1.29 is 44.6 Å². The van der Waals surface area contributed by atoms with Crippen LogP contribution in [0, 0.1) is 23.3 Å². The largest absolute Gasteiger partial charge is 0.507 e. The SMILES string of the molecule is Fc1ccc(F)c(OC(F)(F)C(F)(F)Oc2ccc(F)c(F)c2)c1. The van der Waals surface area contributed by atoms with Crippen molar-refractivity contribution in [1.82, 2.24) is 0 Å². The van der Waals surface area contributed by atoms with Gasteiger partial charge in [-0.25, -0.2) is 17.6 Å². The molecule has 0 aliphatic carbocycles. The molecule has 2 nitrogen and oxygen atoms in total. The van der Waals surface area contributed by atoms with Gasteiger partial charge in [-0.2, -0.15) is 17.6 Å². The van der Waals surface area contributed by atoms with Gasteiger partial charge in [0, 0.05) is 12.1 Å². The lowest BCUT2D eigenvalue weighted by molar-refractivity contribution is -0.380. The summed E-state index contributed by atoms with van der Waals surface area (Å²) in [5, 5.41) is 0. The molecule has 0 radical (unpaired) electrons. The van der Waals surface area contributed by atoms with Crippen molar-refractivity contribution in [3.05, 3.63) is 59.7 Å². The number of halogens is 8. The van der Waals surface area contributed by atoms with Crippen molar-refractivity contribution in [3.63, 3.8) is 0 Å². The molecule has 2 aromatic rings. The number of rotatable bonds is 5. The lowest BCUT2D eigenvalue weighted by Crippen LogP contribution is -2.49. The van der Waals surface area contributed by atoms with E-state index in [9.17, 15) is 35.1 Å². The highest BCUT2D eigenvalue weighted by Gasteiger charge is 2.63. The van der Waals surface area contributed by atoms with Crippen LogP contribution in [0.1, 0.15) is 0 Å². The predicted octanol–water partition coefficient (Wildman–Crippen LogP) is 4.89. The maximum Gasteiger partial charge on any atom is 0.507 e. The van der Waals surface area contributed by atoms with Gasteiger partial charge in [0.15, 0.2) is 23.2 Å². The summed E-state index contributed by atoms with van der Waals surface area (Å²) in [5.74, 6) is -8.42. The minimum Gasteiger partial charge on any atom is -0.425 e. The van der Waals surface area contributed by atoms with Crippen molar-refractivity contribution in [2.75, 3.05) is 0 Å². The standard InChI is InChI=1S/C14H6F8O2/c15-7-1-3-10(17)12(5-7)24-14(21,22)13(19,20)23-8-2-4-9(16)11(18)6-8/h1-6H. The van der Waals surface area contributed by atoms with Crippen LogP contribution in [0.3, 0.4) is 0 Å². The number of hydrogen-bond acceptors (Lipinski definition) is 2. The molecule has 0 amide bonds. The molecule has 0 N–H and O–H groups in total. The van der Waals surface area contributed by atoms with Gasteiger partial charge in [0.25, 0.3) is 0 Å². The highest BCUT2D eigenvalue weighted by molar-refractivity contribution is 5.26. The second kappa shape index (κ2) is 6.17. The molecule has 0 saturated heterocycles. The number of benzene rings is 2. The molecule has 2 rings (SSSR count). The van der Waals surface area contributed by atoms with Gasteiger partial charge in [0.05, 0.1) is 0 Å². The number of ether oxygens (including phenoxy) is 2. The molecule has 0 aliphatic heterocycles. The summed E-state index contributed by atoms with van der Waals surface area (Å²) in [5.41, 5.74) is 0. The van der Waals surface area contributed by atoms with Crippen LogP contribution in [-0.4, -0.2) is 12.2 Å². The molecule has 130 valence electrons. The monoisotopic (exact) mass is 358 g/mol. The quantitative estimate of drug-likeness (QED) is 0.709. The Labute approximate surface area is 129 Å². The van der Waals surface area contributed by atoms with Crippen molar-refractivity contribution in [2.24, 2.45) is 0 Å². The van der Waals surface area contributed by atoms with Gasteiger partial charge in [0.2, 0.25) is 0 Å². The minimum atomic E-state index is -5.45. The maximum atomic E-state index is 13.5. The molecular weight excluding hydrogens is 352 g/mol. The van der Waals surface area contributed by atoms with Gasteiger partial charge in [-0.1, -0.05) is 0 Å². The zero-order valence-electron chi connectivity index (χ0n) is 11.3. The molecule has 2 aromatic carbocycles. The fraction of sp³-hybridized carbons (Fsp3) is 0.143. The summed E-state index contributed by atoms with van der Waals surface area (Å²) in [4.78, 5) is 0. The molecule has 0 aromatic heterocycles. The van der Waals surface area contributed by atoms with Gasteiger partial charge in [0.1, 0.15) is 11.6 Å². The van der Waals surface area contributed by atoms with E-state index in [4.69, 9.17) is 0 Å². The van der Waals surface area contributed by atoms with Crippen LogP contribution in [0.25, 0.3) is 0 Å². The lowest BCUT2D eigenvalue weighted by atomic mass is 10.3. The fourth-order valence-electron chi connectivity index (χ4n) is 1.50. The molecule has 0 fully saturated rings. The summed E-state index contributed by atoms with van der Waals surface area (Å²) < 4.78 is 113. The van der Waals surface area contributed by atoms with Gasteiger partial charge in [-0.15, -0.1) is 0 Å². The Morgan fingerprint density at radius 2 is 1.21 bits per heavy atom. The Hall–Kier alpha value is -2.52. The highest BCUT2D eigenvalue weighted by Crippen LogP contribution is 2.39. The zero-order chi connectivity index (χ0) is 18.1. The Bertz CT molecular complexity index is 748. The molecule has 0 spiro atoms. The average molecular weight is 358 g/mol. The minimum absolute atomic E-state index is 0.0993. The second-order valence-corrected chi connectivity index (χ2v) is 4.39. The Balaban J connectivity index is 2.25. The summed E-state index contributed by atoms with van der Waals surface area (Å²) >= 11 is 0. The van der Waals surface area contributed by atoms with Crippen LogP contribution < -0.4 is 9.47 Å². The van der Waals surface area contributed by atoms with Crippen LogP contribution in [0.15, 0.2) is 36.4 Å². The molecule has 0 bridgehead atoms. The molecular formula is C14H6F8O2. The van der Waals surface area contributed by atoms with Gasteiger partial charge >= 0.3 is 12.2 Å². The van der Waals surface area contributed by atoms with E-state index in [0.29, 0.717) is 24.3 Å². The second-order valence-electron chi connectivity index (χ2n) is 4.39. The first kappa shape index (κ1) is 17.8.